The lowest BCUT2D eigenvalue weighted by Crippen LogP contribution is -2.34. The lowest BCUT2D eigenvalue weighted by molar-refractivity contribution is -0.174. The number of aliphatic hydroxyl groups excluding tert-OH is 1. The van der Waals surface area contributed by atoms with Gasteiger partial charge in [-0.1, -0.05) is 32.4 Å². The van der Waals surface area contributed by atoms with E-state index in [9.17, 15) is 0 Å². The summed E-state index contributed by atoms with van der Waals surface area (Å²) in [6.45, 7) is 7.55. The number of rotatable bonds is 2. The first-order chi connectivity index (χ1) is 7.95. The number of aliphatic hydroxyl groups is 1. The lowest BCUT2D eigenvalue weighted by atomic mass is 9.79. The van der Waals surface area contributed by atoms with Crippen LogP contribution in [0.4, 0.5) is 0 Å². The van der Waals surface area contributed by atoms with Gasteiger partial charge in [-0.3, -0.25) is 0 Å². The van der Waals surface area contributed by atoms with E-state index < -0.39 is 5.79 Å². The Morgan fingerprint density at radius 3 is 2.76 bits per heavy atom. The number of hydrogen-bond donors (Lipinski definition) is 1. The molecule has 1 heterocycles. The third-order valence-corrected chi connectivity index (χ3v) is 3.76. The Kier molecular flexibility index (Phi) is 3.62. The highest BCUT2D eigenvalue weighted by Gasteiger charge is 2.42. The fourth-order valence-electron chi connectivity index (χ4n) is 2.63. The summed E-state index contributed by atoms with van der Waals surface area (Å²) in [5.41, 5.74) is 1.76. The molecule has 1 spiro atoms. The van der Waals surface area contributed by atoms with Crippen LogP contribution < -0.4 is 0 Å². The third-order valence-electron chi connectivity index (χ3n) is 3.76. The van der Waals surface area contributed by atoms with E-state index in [2.05, 4.69) is 26.8 Å². The molecule has 1 N–H and O–H groups in total. The van der Waals surface area contributed by atoms with Crippen molar-refractivity contribution in [2.45, 2.75) is 58.3 Å². The van der Waals surface area contributed by atoms with Crippen LogP contribution in [0.5, 0.6) is 0 Å². The Hall–Kier alpha value is -0.380. The number of hydrogen-bond acceptors (Lipinski definition) is 3. The van der Waals surface area contributed by atoms with Crippen LogP contribution in [0, 0.1) is 5.41 Å². The molecule has 3 heteroatoms. The van der Waals surface area contributed by atoms with Crippen LogP contribution in [0.1, 0.15) is 46.5 Å². The normalized spacial score (nSPS) is 34.1. The second kappa shape index (κ2) is 4.71. The molecule has 0 bridgehead atoms. The molecule has 1 aliphatic carbocycles. The highest BCUT2D eigenvalue weighted by Crippen LogP contribution is 2.42. The summed E-state index contributed by atoms with van der Waals surface area (Å²) in [5, 5.41) is 8.91. The average molecular weight is 240 g/mol. The maximum absolute atomic E-state index is 8.91. The molecule has 0 amide bonds. The molecule has 2 atom stereocenters. The Labute approximate surface area is 104 Å². The summed E-state index contributed by atoms with van der Waals surface area (Å²) in [6.07, 6.45) is 5.88. The third kappa shape index (κ3) is 2.90. The Bertz CT molecular complexity index is 303. The Morgan fingerprint density at radius 1 is 1.47 bits per heavy atom. The first-order valence-electron chi connectivity index (χ1n) is 6.57. The quantitative estimate of drug-likeness (QED) is 0.754. The van der Waals surface area contributed by atoms with E-state index in [0.717, 1.165) is 19.3 Å². The minimum Gasteiger partial charge on any atom is -0.396 e. The van der Waals surface area contributed by atoms with Gasteiger partial charge >= 0.3 is 0 Å². The van der Waals surface area contributed by atoms with Gasteiger partial charge in [0.25, 0.3) is 0 Å². The molecule has 17 heavy (non-hydrogen) atoms. The van der Waals surface area contributed by atoms with Crippen LogP contribution in [-0.2, 0) is 9.47 Å². The Morgan fingerprint density at radius 2 is 2.24 bits per heavy atom. The topological polar surface area (TPSA) is 38.7 Å². The molecular formula is C14H24O3. The van der Waals surface area contributed by atoms with Gasteiger partial charge in [-0.15, -0.1) is 0 Å². The summed E-state index contributed by atoms with van der Waals surface area (Å²) in [6, 6.07) is 0. The number of allylic oxidation sites excluding steroid dienone is 1. The molecule has 2 aliphatic rings. The Balaban J connectivity index is 1.97. The SMILES string of the molecule is CC(C)(C)C1=CCC2(CC1)OCC(CCO)O2. The van der Waals surface area contributed by atoms with Crippen LogP contribution in [-0.4, -0.2) is 30.2 Å². The van der Waals surface area contributed by atoms with Crippen LogP contribution in [0.2, 0.25) is 0 Å². The largest absolute Gasteiger partial charge is 0.396 e. The second-order valence-corrected chi connectivity index (χ2v) is 6.16. The van der Waals surface area contributed by atoms with Crippen molar-refractivity contribution >= 4 is 0 Å². The van der Waals surface area contributed by atoms with E-state index in [-0.39, 0.29) is 18.1 Å². The fraction of sp³-hybridized carbons (Fsp3) is 0.857. The molecule has 0 aromatic carbocycles. The summed E-state index contributed by atoms with van der Waals surface area (Å²) in [7, 11) is 0. The minimum atomic E-state index is -0.394. The fourth-order valence-corrected chi connectivity index (χ4v) is 2.63. The van der Waals surface area contributed by atoms with Gasteiger partial charge in [0.15, 0.2) is 5.79 Å². The maximum atomic E-state index is 8.91. The molecule has 0 aromatic rings. The van der Waals surface area contributed by atoms with Crippen LogP contribution in [0.25, 0.3) is 0 Å². The van der Waals surface area contributed by atoms with E-state index in [4.69, 9.17) is 14.6 Å². The zero-order valence-corrected chi connectivity index (χ0v) is 11.2. The van der Waals surface area contributed by atoms with Crippen molar-refractivity contribution in [1.29, 1.82) is 0 Å². The van der Waals surface area contributed by atoms with Gasteiger partial charge in [0.1, 0.15) is 0 Å². The van der Waals surface area contributed by atoms with Crippen molar-refractivity contribution in [1.82, 2.24) is 0 Å². The number of ether oxygens (including phenoxy) is 2. The first-order valence-corrected chi connectivity index (χ1v) is 6.57. The van der Waals surface area contributed by atoms with E-state index in [0.29, 0.717) is 13.0 Å². The highest BCUT2D eigenvalue weighted by molar-refractivity contribution is 5.16. The summed E-state index contributed by atoms with van der Waals surface area (Å²) >= 11 is 0. The van der Waals surface area contributed by atoms with Crippen LogP contribution in [0.15, 0.2) is 11.6 Å². The molecular weight excluding hydrogens is 216 g/mol. The van der Waals surface area contributed by atoms with Gasteiger partial charge in [0, 0.05) is 19.4 Å². The molecule has 1 fully saturated rings. The lowest BCUT2D eigenvalue weighted by Gasteiger charge is -2.35. The second-order valence-electron chi connectivity index (χ2n) is 6.16. The van der Waals surface area contributed by atoms with Crippen molar-refractivity contribution < 1.29 is 14.6 Å². The van der Waals surface area contributed by atoms with Crippen molar-refractivity contribution in [3.63, 3.8) is 0 Å². The predicted molar refractivity (Wildman–Crippen MR) is 66.6 cm³/mol. The van der Waals surface area contributed by atoms with Gasteiger partial charge in [-0.25, -0.2) is 0 Å². The smallest absolute Gasteiger partial charge is 0.172 e. The van der Waals surface area contributed by atoms with Gasteiger partial charge in [0.2, 0.25) is 0 Å². The maximum Gasteiger partial charge on any atom is 0.172 e. The predicted octanol–water partition coefficient (Wildman–Crippen LogP) is 2.64. The molecule has 0 aromatic heterocycles. The summed E-state index contributed by atoms with van der Waals surface area (Å²) in [4.78, 5) is 0. The van der Waals surface area contributed by atoms with E-state index >= 15 is 0 Å². The van der Waals surface area contributed by atoms with Gasteiger partial charge in [0.05, 0.1) is 12.7 Å². The monoisotopic (exact) mass is 240 g/mol. The molecule has 1 aliphatic heterocycles. The van der Waals surface area contributed by atoms with Crippen molar-refractivity contribution in [2.24, 2.45) is 5.41 Å². The molecule has 0 saturated carbocycles. The zero-order valence-electron chi connectivity index (χ0n) is 11.2. The van der Waals surface area contributed by atoms with Gasteiger partial charge in [-0.2, -0.15) is 0 Å². The van der Waals surface area contributed by atoms with E-state index in [1.165, 1.54) is 5.57 Å². The van der Waals surface area contributed by atoms with Gasteiger partial charge in [-0.05, 0) is 18.3 Å². The zero-order chi connectivity index (χ0) is 12.5. The van der Waals surface area contributed by atoms with Gasteiger partial charge < -0.3 is 14.6 Å². The summed E-state index contributed by atoms with van der Waals surface area (Å²) < 4.78 is 11.8. The van der Waals surface area contributed by atoms with E-state index in [1.54, 1.807) is 0 Å². The molecule has 2 unspecified atom stereocenters. The minimum absolute atomic E-state index is 0.0737. The van der Waals surface area contributed by atoms with Crippen molar-refractivity contribution in [2.75, 3.05) is 13.2 Å². The van der Waals surface area contributed by atoms with E-state index in [1.807, 2.05) is 0 Å². The molecule has 0 radical (unpaired) electrons. The standard InChI is InChI=1S/C14H24O3/c1-13(2,3)11-4-7-14(8-5-11)16-10-12(17-14)6-9-15/h4,12,15H,5-10H2,1-3H3. The first kappa shape index (κ1) is 13.1. The van der Waals surface area contributed by atoms with Crippen LogP contribution >= 0.6 is 0 Å². The molecule has 1 saturated heterocycles. The highest BCUT2D eigenvalue weighted by atomic mass is 16.7. The summed E-state index contributed by atoms with van der Waals surface area (Å²) in [5.74, 6) is -0.394. The van der Waals surface area contributed by atoms with Crippen LogP contribution in [0.3, 0.4) is 0 Å². The van der Waals surface area contributed by atoms with Crippen molar-refractivity contribution in [3.8, 4) is 0 Å². The molecule has 2 rings (SSSR count). The molecule has 3 nitrogen and oxygen atoms in total. The van der Waals surface area contributed by atoms with Crippen molar-refractivity contribution in [3.05, 3.63) is 11.6 Å². The molecule has 98 valence electrons. The average Bonchev–Trinajstić information content (AvgIpc) is 2.61.